The molecule has 2 amide bonds. The molecule has 2 aromatic rings. The second kappa shape index (κ2) is 10.5. The van der Waals surface area contributed by atoms with Crippen LogP contribution >= 0.6 is 22.6 Å². The first-order valence-electron chi connectivity index (χ1n) is 9.01. The largest absolute Gasteiger partial charge is 0.492 e. The summed E-state index contributed by atoms with van der Waals surface area (Å²) in [6, 6.07) is 15.3. The normalized spacial score (nSPS) is 14.6. The summed E-state index contributed by atoms with van der Waals surface area (Å²) in [5.41, 5.74) is 1.77. The summed E-state index contributed by atoms with van der Waals surface area (Å²) >= 11 is 2.22. The van der Waals surface area contributed by atoms with Crippen LogP contribution in [0.15, 0.2) is 48.5 Å². The number of ether oxygens (including phenoxy) is 2. The summed E-state index contributed by atoms with van der Waals surface area (Å²) in [5, 5.41) is 5.71. The van der Waals surface area contributed by atoms with E-state index in [0.29, 0.717) is 13.2 Å². The number of anilines is 1. The maximum atomic E-state index is 12.1. The molecule has 1 fully saturated rings. The summed E-state index contributed by atoms with van der Waals surface area (Å²) in [5.74, 6) is 0.820. The molecule has 0 aliphatic carbocycles. The molecule has 0 aromatic heterocycles. The number of carbonyl (C=O) groups is 1. The molecule has 0 unspecified atom stereocenters. The van der Waals surface area contributed by atoms with Crippen molar-refractivity contribution in [3.05, 3.63) is 57.7 Å². The first-order valence-corrected chi connectivity index (χ1v) is 10.1. The third kappa shape index (κ3) is 7.00. The van der Waals surface area contributed by atoms with E-state index in [1.165, 1.54) is 0 Å². The van der Waals surface area contributed by atoms with Crippen molar-refractivity contribution in [3.8, 4) is 5.75 Å². The van der Waals surface area contributed by atoms with E-state index in [1.54, 1.807) is 0 Å². The molecule has 6 nitrogen and oxygen atoms in total. The number of hydrogen-bond donors (Lipinski definition) is 2. The second-order valence-electron chi connectivity index (χ2n) is 6.27. The fourth-order valence-electron chi connectivity index (χ4n) is 2.79. The molecule has 1 aliphatic heterocycles. The molecule has 0 spiro atoms. The Bertz CT molecular complexity index is 751. The Balaban J connectivity index is 1.42. The number of hydrogen-bond acceptors (Lipinski definition) is 4. The summed E-state index contributed by atoms with van der Waals surface area (Å²) in [6.45, 7) is 5.49. The first-order chi connectivity index (χ1) is 13.2. The molecule has 1 aliphatic rings. The summed E-state index contributed by atoms with van der Waals surface area (Å²) in [7, 11) is 0. The molecule has 2 N–H and O–H groups in total. The molecule has 0 radical (unpaired) electrons. The maximum absolute atomic E-state index is 12.1. The van der Waals surface area contributed by atoms with Gasteiger partial charge in [0.05, 0.1) is 13.2 Å². The molecule has 27 heavy (non-hydrogen) atoms. The van der Waals surface area contributed by atoms with E-state index in [0.717, 1.165) is 53.4 Å². The minimum absolute atomic E-state index is 0.226. The van der Waals surface area contributed by atoms with E-state index in [9.17, 15) is 4.79 Å². The SMILES string of the molecule is O=C(NCc1cccc(OCCN2CCOCC2)c1)Nc1cccc(I)c1. The van der Waals surface area contributed by atoms with Gasteiger partial charge in [0.1, 0.15) is 12.4 Å². The lowest BCUT2D eigenvalue weighted by Crippen LogP contribution is -2.38. The Kier molecular flexibility index (Phi) is 7.73. The highest BCUT2D eigenvalue weighted by molar-refractivity contribution is 14.1. The lowest BCUT2D eigenvalue weighted by molar-refractivity contribution is 0.0322. The van der Waals surface area contributed by atoms with Crippen molar-refractivity contribution in [3.63, 3.8) is 0 Å². The van der Waals surface area contributed by atoms with Gasteiger partial charge in [-0.05, 0) is 58.5 Å². The van der Waals surface area contributed by atoms with Crippen molar-refractivity contribution in [2.24, 2.45) is 0 Å². The van der Waals surface area contributed by atoms with Crippen LogP contribution in [0.2, 0.25) is 0 Å². The number of carbonyl (C=O) groups excluding carboxylic acids is 1. The monoisotopic (exact) mass is 481 g/mol. The molecular formula is C20H24IN3O3. The summed E-state index contributed by atoms with van der Waals surface area (Å²) < 4.78 is 12.3. The van der Waals surface area contributed by atoms with E-state index in [2.05, 4.69) is 38.1 Å². The zero-order valence-corrected chi connectivity index (χ0v) is 17.3. The molecule has 0 atom stereocenters. The number of morpholine rings is 1. The highest BCUT2D eigenvalue weighted by Crippen LogP contribution is 2.14. The van der Waals surface area contributed by atoms with Crippen molar-refractivity contribution in [2.75, 3.05) is 44.8 Å². The molecule has 2 aromatic carbocycles. The van der Waals surface area contributed by atoms with Crippen molar-refractivity contribution < 1.29 is 14.3 Å². The topological polar surface area (TPSA) is 62.8 Å². The minimum Gasteiger partial charge on any atom is -0.492 e. The number of rotatable bonds is 7. The van der Waals surface area contributed by atoms with E-state index < -0.39 is 0 Å². The van der Waals surface area contributed by atoms with Crippen molar-refractivity contribution in [1.29, 1.82) is 0 Å². The second-order valence-corrected chi connectivity index (χ2v) is 7.51. The van der Waals surface area contributed by atoms with E-state index >= 15 is 0 Å². The van der Waals surface area contributed by atoms with Gasteiger partial charge in [-0.1, -0.05) is 18.2 Å². The number of halogens is 1. The van der Waals surface area contributed by atoms with E-state index in [-0.39, 0.29) is 6.03 Å². The molecule has 1 heterocycles. The lowest BCUT2D eigenvalue weighted by atomic mass is 10.2. The molecule has 1 saturated heterocycles. The number of amides is 2. The summed E-state index contributed by atoms with van der Waals surface area (Å²) in [4.78, 5) is 14.4. The van der Waals surface area contributed by atoms with Gasteiger partial charge in [-0.25, -0.2) is 4.79 Å². The maximum Gasteiger partial charge on any atom is 0.319 e. The van der Waals surface area contributed by atoms with Crippen molar-refractivity contribution in [2.45, 2.75) is 6.54 Å². The molecule has 3 rings (SSSR count). The summed E-state index contributed by atoms with van der Waals surface area (Å²) in [6.07, 6.45) is 0. The smallest absolute Gasteiger partial charge is 0.319 e. The Morgan fingerprint density at radius 3 is 2.78 bits per heavy atom. The molecule has 144 valence electrons. The minimum atomic E-state index is -0.226. The van der Waals surface area contributed by atoms with Crippen LogP contribution < -0.4 is 15.4 Å². The van der Waals surface area contributed by atoms with Gasteiger partial charge >= 0.3 is 6.03 Å². The fourth-order valence-corrected chi connectivity index (χ4v) is 3.33. The Labute approximate surface area is 173 Å². The van der Waals surface area contributed by atoms with Gasteiger partial charge in [-0.3, -0.25) is 4.90 Å². The average Bonchev–Trinajstić information content (AvgIpc) is 2.68. The van der Waals surface area contributed by atoms with Crippen LogP contribution in [-0.2, 0) is 11.3 Å². The van der Waals surface area contributed by atoms with Crippen LogP contribution in [0.4, 0.5) is 10.5 Å². The van der Waals surface area contributed by atoms with Crippen LogP contribution in [0.5, 0.6) is 5.75 Å². The molecule has 0 bridgehead atoms. The highest BCUT2D eigenvalue weighted by atomic mass is 127. The van der Waals surface area contributed by atoms with Crippen LogP contribution in [0, 0.1) is 3.57 Å². The van der Waals surface area contributed by atoms with E-state index in [1.807, 2.05) is 48.5 Å². The van der Waals surface area contributed by atoms with Gasteiger partial charge < -0.3 is 20.1 Å². The number of nitrogens with zero attached hydrogens (tertiary/aromatic N) is 1. The molecular weight excluding hydrogens is 457 g/mol. The lowest BCUT2D eigenvalue weighted by Gasteiger charge is -2.26. The van der Waals surface area contributed by atoms with Gasteiger partial charge in [0, 0.05) is 35.4 Å². The van der Waals surface area contributed by atoms with Gasteiger partial charge in [-0.15, -0.1) is 0 Å². The van der Waals surface area contributed by atoms with Crippen LogP contribution in [0.25, 0.3) is 0 Å². The van der Waals surface area contributed by atoms with Crippen LogP contribution in [0.1, 0.15) is 5.56 Å². The predicted molar refractivity (Wildman–Crippen MR) is 114 cm³/mol. The third-order valence-electron chi connectivity index (χ3n) is 4.21. The van der Waals surface area contributed by atoms with Gasteiger partial charge in [0.15, 0.2) is 0 Å². The fraction of sp³-hybridized carbons (Fsp3) is 0.350. The molecule has 0 saturated carbocycles. The highest BCUT2D eigenvalue weighted by Gasteiger charge is 2.10. The Morgan fingerprint density at radius 1 is 1.15 bits per heavy atom. The van der Waals surface area contributed by atoms with Gasteiger partial charge in [0.25, 0.3) is 0 Å². The van der Waals surface area contributed by atoms with E-state index in [4.69, 9.17) is 9.47 Å². The first kappa shape index (κ1) is 19.9. The Morgan fingerprint density at radius 2 is 1.96 bits per heavy atom. The third-order valence-corrected chi connectivity index (χ3v) is 4.88. The number of urea groups is 1. The van der Waals surface area contributed by atoms with Crippen LogP contribution in [-0.4, -0.2) is 50.4 Å². The quantitative estimate of drug-likeness (QED) is 0.596. The van der Waals surface area contributed by atoms with Crippen LogP contribution in [0.3, 0.4) is 0 Å². The zero-order valence-electron chi connectivity index (χ0n) is 15.1. The van der Waals surface area contributed by atoms with Crippen molar-refractivity contribution >= 4 is 34.3 Å². The van der Waals surface area contributed by atoms with Crippen molar-refractivity contribution in [1.82, 2.24) is 10.2 Å². The van der Waals surface area contributed by atoms with Gasteiger partial charge in [0.2, 0.25) is 0 Å². The average molecular weight is 481 g/mol. The predicted octanol–water partition coefficient (Wildman–Crippen LogP) is 3.32. The number of benzene rings is 2. The zero-order chi connectivity index (χ0) is 18.9. The molecule has 7 heteroatoms. The standard InChI is InChI=1S/C20H24IN3O3/c21-17-4-2-5-18(14-17)23-20(25)22-15-16-3-1-6-19(13-16)27-12-9-24-7-10-26-11-8-24/h1-6,13-14H,7-12,15H2,(H2,22,23,25). The Hall–Kier alpha value is -1.84. The van der Waals surface area contributed by atoms with Gasteiger partial charge in [-0.2, -0.15) is 0 Å². The number of nitrogens with one attached hydrogen (secondary N) is 2.